The zero-order valence-corrected chi connectivity index (χ0v) is 28.7. The van der Waals surface area contributed by atoms with Crippen molar-refractivity contribution in [3.05, 3.63) is 77.1 Å². The molecule has 2 atom stereocenters. The zero-order valence-electron chi connectivity index (χ0n) is 28.0. The van der Waals surface area contributed by atoms with Gasteiger partial charge >= 0.3 is 12.5 Å². The number of esters is 1. The lowest BCUT2D eigenvalue weighted by atomic mass is 9.75. The Kier molecular flexibility index (Phi) is 9.66. The molecule has 15 heteroatoms. The van der Waals surface area contributed by atoms with Crippen molar-refractivity contribution >= 4 is 29.4 Å². The maximum atomic E-state index is 16.2. The first kappa shape index (κ1) is 35.6. The molecule has 1 aliphatic heterocycles. The fraction of sp³-hybridized carbons (Fsp3) is 0.412. The fourth-order valence-corrected chi connectivity index (χ4v) is 6.13. The number of H-pyrrole nitrogens is 1. The van der Waals surface area contributed by atoms with Gasteiger partial charge in [-0.25, -0.2) is 19.0 Å². The topological polar surface area (TPSA) is 144 Å². The molecule has 1 aliphatic rings. The highest BCUT2D eigenvalue weighted by Gasteiger charge is 2.54. The summed E-state index contributed by atoms with van der Waals surface area (Å²) in [6, 6.07) is 8.06. The van der Waals surface area contributed by atoms with Crippen LogP contribution in [-0.2, 0) is 19.9 Å². The molecule has 49 heavy (non-hydrogen) atoms. The number of carbonyl (C=O) groups excluding carboxylic acids is 2. The number of hydrogen-bond donors (Lipinski definition) is 2. The first-order valence-corrected chi connectivity index (χ1v) is 15.9. The SMILES string of the molecule is CC(C)(C)CC(=O)OC[C@H](c1ccc(Cl)c(-c2ncn[nH]2)c1)N1C(=O)[C@@](CC(C)(C)C)(c2ccc(-c3cnn(C(F)F)c3)cc2F)N=C1N. The number of halogens is 4. The van der Waals surface area contributed by atoms with Gasteiger partial charge in [0, 0.05) is 22.9 Å². The van der Waals surface area contributed by atoms with Gasteiger partial charge in [-0.3, -0.25) is 19.6 Å². The average molecular weight is 699 g/mol. The molecule has 11 nitrogen and oxygen atoms in total. The second-order valence-corrected chi connectivity index (χ2v) is 14.8. The number of aliphatic imine (C=N–C) groups is 1. The van der Waals surface area contributed by atoms with E-state index in [2.05, 4.69) is 25.3 Å². The molecule has 260 valence electrons. The fourth-order valence-electron chi connectivity index (χ4n) is 5.92. The quantitative estimate of drug-likeness (QED) is 0.169. The lowest BCUT2D eigenvalue weighted by molar-refractivity contribution is -0.149. The van der Waals surface area contributed by atoms with Crippen LogP contribution in [0.3, 0.4) is 0 Å². The Morgan fingerprint density at radius 2 is 1.82 bits per heavy atom. The van der Waals surface area contributed by atoms with Crippen molar-refractivity contribution in [2.24, 2.45) is 21.6 Å². The minimum absolute atomic E-state index is 0.0511. The summed E-state index contributed by atoms with van der Waals surface area (Å²) < 4.78 is 48.7. The molecule has 0 unspecified atom stereocenters. The predicted octanol–water partition coefficient (Wildman–Crippen LogP) is 7.03. The Labute approximate surface area is 286 Å². The van der Waals surface area contributed by atoms with E-state index in [-0.39, 0.29) is 47.5 Å². The van der Waals surface area contributed by atoms with E-state index in [1.54, 1.807) is 18.2 Å². The first-order valence-electron chi connectivity index (χ1n) is 15.5. The van der Waals surface area contributed by atoms with E-state index < -0.39 is 41.2 Å². The van der Waals surface area contributed by atoms with Crippen molar-refractivity contribution in [1.29, 1.82) is 0 Å². The number of hydrogen-bond acceptors (Lipinski definition) is 8. The highest BCUT2D eigenvalue weighted by Crippen LogP contribution is 2.46. The molecule has 2 aromatic carbocycles. The monoisotopic (exact) mass is 698 g/mol. The van der Waals surface area contributed by atoms with E-state index in [1.165, 1.54) is 29.6 Å². The lowest BCUT2D eigenvalue weighted by Gasteiger charge is -2.35. The van der Waals surface area contributed by atoms with Gasteiger partial charge in [0.2, 0.25) is 0 Å². The minimum atomic E-state index is -2.86. The number of nitrogens with zero attached hydrogens (tertiary/aromatic N) is 6. The lowest BCUT2D eigenvalue weighted by Crippen LogP contribution is -2.47. The molecule has 3 N–H and O–H groups in total. The van der Waals surface area contributed by atoms with Crippen LogP contribution in [0, 0.1) is 16.6 Å². The Morgan fingerprint density at radius 3 is 2.41 bits per heavy atom. The third-order valence-electron chi connectivity index (χ3n) is 7.89. The van der Waals surface area contributed by atoms with Crippen LogP contribution >= 0.6 is 11.6 Å². The van der Waals surface area contributed by atoms with Crippen molar-refractivity contribution in [2.45, 2.75) is 72.5 Å². The molecule has 4 aromatic rings. The van der Waals surface area contributed by atoms with E-state index in [4.69, 9.17) is 22.1 Å². The summed E-state index contributed by atoms with van der Waals surface area (Å²) in [7, 11) is 0. The van der Waals surface area contributed by atoms with Gasteiger partial charge in [-0.15, -0.1) is 0 Å². The summed E-state index contributed by atoms with van der Waals surface area (Å²) in [4.78, 5) is 37.9. The summed E-state index contributed by atoms with van der Waals surface area (Å²) in [6.45, 7) is 8.19. The summed E-state index contributed by atoms with van der Waals surface area (Å²) in [5.41, 5.74) is 5.29. The number of alkyl halides is 2. The minimum Gasteiger partial charge on any atom is -0.463 e. The van der Waals surface area contributed by atoms with Crippen LogP contribution in [0.4, 0.5) is 13.2 Å². The van der Waals surface area contributed by atoms with Crippen molar-refractivity contribution in [3.63, 3.8) is 0 Å². The number of guanidine groups is 1. The molecule has 0 aliphatic carbocycles. The number of benzene rings is 2. The van der Waals surface area contributed by atoms with Crippen molar-refractivity contribution < 1.29 is 27.5 Å². The Bertz CT molecular complexity index is 1880. The van der Waals surface area contributed by atoms with Crippen LogP contribution in [0.15, 0.2) is 60.1 Å². The molecule has 0 bridgehead atoms. The molecular formula is C34H38ClF3N8O3. The number of carbonyl (C=O) groups is 2. The standard InChI is InChI=1S/C34H38ClF3N8O3/c1-32(2,3)13-27(47)49-16-26(20-8-10-24(35)22(11-20)28-40-18-41-44-28)46-29(48)34(43-31(46)39,17-33(4,5)6)23-9-7-19(12-25(23)36)21-14-42-45(15-21)30(37)38/h7-12,14-15,18,26,30H,13,16-17H2,1-6H3,(H2,39,43)(H,40,41,44)/t26-,34-/m1/s1. The van der Waals surface area contributed by atoms with Gasteiger partial charge in [0.05, 0.1) is 23.7 Å². The van der Waals surface area contributed by atoms with Gasteiger partial charge in [-0.2, -0.15) is 19.0 Å². The third-order valence-corrected chi connectivity index (χ3v) is 8.22. The van der Waals surface area contributed by atoms with Gasteiger partial charge < -0.3 is 10.5 Å². The normalized spacial score (nSPS) is 17.5. The number of nitrogens with two attached hydrogens (primary N) is 1. The van der Waals surface area contributed by atoms with E-state index in [9.17, 15) is 18.4 Å². The van der Waals surface area contributed by atoms with Crippen LogP contribution in [0.25, 0.3) is 22.5 Å². The maximum absolute atomic E-state index is 16.2. The Balaban J connectivity index is 1.59. The second kappa shape index (κ2) is 13.3. The number of rotatable bonds is 10. The molecule has 5 rings (SSSR count). The van der Waals surface area contributed by atoms with Crippen LogP contribution in [0.2, 0.25) is 5.02 Å². The van der Waals surface area contributed by atoms with Crippen molar-refractivity contribution in [3.8, 4) is 22.5 Å². The summed E-state index contributed by atoms with van der Waals surface area (Å²) in [5.74, 6) is -1.74. The maximum Gasteiger partial charge on any atom is 0.333 e. The van der Waals surface area contributed by atoms with Gasteiger partial charge in [0.1, 0.15) is 18.8 Å². The smallest absolute Gasteiger partial charge is 0.333 e. The number of amides is 1. The van der Waals surface area contributed by atoms with Crippen LogP contribution in [-0.4, -0.2) is 54.3 Å². The van der Waals surface area contributed by atoms with E-state index >= 15 is 4.39 Å². The molecule has 3 heterocycles. The first-order chi connectivity index (χ1) is 22.9. The van der Waals surface area contributed by atoms with E-state index in [1.807, 2.05) is 41.5 Å². The number of aromatic amines is 1. The highest BCUT2D eigenvalue weighted by atomic mass is 35.5. The molecule has 0 saturated heterocycles. The molecule has 0 saturated carbocycles. The van der Waals surface area contributed by atoms with Crippen LogP contribution in [0.1, 0.15) is 78.1 Å². The molecular weight excluding hydrogens is 661 g/mol. The zero-order chi connectivity index (χ0) is 35.9. The summed E-state index contributed by atoms with van der Waals surface area (Å²) in [6.07, 6.45) is 3.80. The molecule has 0 spiro atoms. The van der Waals surface area contributed by atoms with Crippen LogP contribution < -0.4 is 5.73 Å². The van der Waals surface area contributed by atoms with Crippen LogP contribution in [0.5, 0.6) is 0 Å². The average Bonchev–Trinajstić information content (AvgIpc) is 3.74. The summed E-state index contributed by atoms with van der Waals surface area (Å²) >= 11 is 6.51. The van der Waals surface area contributed by atoms with Gasteiger partial charge in [0.15, 0.2) is 17.3 Å². The van der Waals surface area contributed by atoms with Crippen molar-refractivity contribution in [1.82, 2.24) is 29.9 Å². The van der Waals surface area contributed by atoms with Gasteiger partial charge in [0.25, 0.3) is 5.91 Å². The Hall–Kier alpha value is -4.72. The molecule has 2 aromatic heterocycles. The predicted molar refractivity (Wildman–Crippen MR) is 178 cm³/mol. The van der Waals surface area contributed by atoms with Crippen molar-refractivity contribution in [2.75, 3.05) is 6.61 Å². The number of aromatic nitrogens is 5. The van der Waals surface area contributed by atoms with E-state index in [0.717, 1.165) is 12.3 Å². The largest absolute Gasteiger partial charge is 0.463 e. The van der Waals surface area contributed by atoms with E-state index in [0.29, 0.717) is 26.7 Å². The second-order valence-electron chi connectivity index (χ2n) is 14.4. The van der Waals surface area contributed by atoms with Gasteiger partial charge in [-0.1, -0.05) is 71.3 Å². The molecule has 0 radical (unpaired) electrons. The third kappa shape index (κ3) is 7.64. The number of ether oxygens (including phenoxy) is 1. The highest BCUT2D eigenvalue weighted by molar-refractivity contribution is 6.33. The molecule has 1 amide bonds. The Morgan fingerprint density at radius 1 is 1.08 bits per heavy atom. The summed E-state index contributed by atoms with van der Waals surface area (Å²) in [5, 5.41) is 10.6. The number of nitrogens with one attached hydrogen (secondary N) is 1. The van der Waals surface area contributed by atoms with Gasteiger partial charge in [-0.05, 0) is 46.6 Å². The molecule has 0 fully saturated rings.